The molecule has 0 aliphatic heterocycles. The first-order chi connectivity index (χ1) is 28.9. The second kappa shape index (κ2) is 15.5. The van der Waals surface area contributed by atoms with E-state index in [-0.39, 0.29) is 16.4 Å². The van der Waals surface area contributed by atoms with Crippen molar-refractivity contribution in [2.75, 3.05) is 10.2 Å². The van der Waals surface area contributed by atoms with Gasteiger partial charge in [0.05, 0.1) is 5.54 Å². The molecule has 0 fully saturated rings. The van der Waals surface area contributed by atoms with Crippen molar-refractivity contribution in [1.29, 1.82) is 0 Å². The van der Waals surface area contributed by atoms with Crippen molar-refractivity contribution in [3.63, 3.8) is 0 Å². The molecule has 0 saturated heterocycles. The van der Waals surface area contributed by atoms with E-state index in [1.807, 2.05) is 0 Å². The topological polar surface area (TPSA) is 15.3 Å². The molecule has 1 atom stereocenters. The Morgan fingerprint density at radius 1 is 0.450 bits per heavy atom. The van der Waals surface area contributed by atoms with Crippen LogP contribution in [0.25, 0.3) is 38.2 Å². The lowest BCUT2D eigenvalue weighted by molar-refractivity contribution is 0.585. The molecule has 0 saturated carbocycles. The minimum atomic E-state index is -0.376. The number of hydrogen-bond donors (Lipinski definition) is 1. The Labute approximate surface area is 356 Å². The first-order valence-electron chi connectivity index (χ1n) is 21.3. The molecule has 0 amide bonds. The molecule has 1 N–H and O–H groups in total. The standard InChI is InChI=1S/C58H54N2/c1-56(2,3)49-23-25-51(26-24-49)58(59-52-29-19-41-11-7-9-13-47(41)39-52)37-35-46(36-38-58)44-17-15-43(16-18-44)45-20-30-53(31-21-45)60(54-33-27-50(28-34-54)57(4,5)6)55-32-22-42-12-8-10-14-48(42)40-55/h7-37,39-40,59H,38H2,1-6H3. The number of hydrogen-bond acceptors (Lipinski definition) is 2. The lowest BCUT2D eigenvalue weighted by atomic mass is 9.79. The summed E-state index contributed by atoms with van der Waals surface area (Å²) in [5.74, 6) is 0. The average Bonchev–Trinajstić information content (AvgIpc) is 3.27. The molecule has 60 heavy (non-hydrogen) atoms. The summed E-state index contributed by atoms with van der Waals surface area (Å²) in [4.78, 5) is 2.36. The predicted octanol–water partition coefficient (Wildman–Crippen LogP) is 16.1. The van der Waals surface area contributed by atoms with E-state index in [1.54, 1.807) is 0 Å². The largest absolute Gasteiger partial charge is 0.372 e. The number of rotatable bonds is 8. The highest BCUT2D eigenvalue weighted by Crippen LogP contribution is 2.41. The molecule has 2 nitrogen and oxygen atoms in total. The Bertz CT molecular complexity index is 2850. The molecule has 8 aromatic rings. The van der Waals surface area contributed by atoms with Gasteiger partial charge < -0.3 is 10.2 Å². The average molecular weight is 779 g/mol. The van der Waals surface area contributed by atoms with E-state index in [0.29, 0.717) is 0 Å². The summed E-state index contributed by atoms with van der Waals surface area (Å²) in [5.41, 5.74) is 13.1. The summed E-state index contributed by atoms with van der Waals surface area (Å²) in [5, 5.41) is 8.93. The second-order valence-electron chi connectivity index (χ2n) is 18.5. The fourth-order valence-corrected chi connectivity index (χ4v) is 8.56. The lowest BCUT2D eigenvalue weighted by Crippen LogP contribution is -2.34. The summed E-state index contributed by atoms with van der Waals surface area (Å²) in [6.07, 6.45) is 7.89. The van der Waals surface area contributed by atoms with Crippen LogP contribution in [0.15, 0.2) is 200 Å². The minimum Gasteiger partial charge on any atom is -0.372 e. The zero-order chi connectivity index (χ0) is 41.5. The maximum atomic E-state index is 3.98. The Morgan fingerprint density at radius 2 is 0.917 bits per heavy atom. The van der Waals surface area contributed by atoms with Crippen LogP contribution in [0.1, 0.15) is 70.2 Å². The third kappa shape index (κ3) is 7.91. The number of benzene rings is 8. The summed E-state index contributed by atoms with van der Waals surface area (Å²) in [6.45, 7) is 13.6. The molecule has 2 heteroatoms. The zero-order valence-electron chi connectivity index (χ0n) is 35.7. The first kappa shape index (κ1) is 38.9. The normalized spacial score (nSPS) is 15.5. The van der Waals surface area contributed by atoms with Crippen LogP contribution in [0.2, 0.25) is 0 Å². The van der Waals surface area contributed by atoms with Crippen molar-refractivity contribution in [2.45, 2.75) is 64.3 Å². The van der Waals surface area contributed by atoms with Gasteiger partial charge in [-0.25, -0.2) is 0 Å². The summed E-state index contributed by atoms with van der Waals surface area (Å²) in [6, 6.07) is 66.8. The maximum absolute atomic E-state index is 3.98. The van der Waals surface area contributed by atoms with E-state index in [2.05, 4.69) is 252 Å². The molecular weight excluding hydrogens is 725 g/mol. The van der Waals surface area contributed by atoms with Gasteiger partial charge in [0.1, 0.15) is 0 Å². The van der Waals surface area contributed by atoms with Gasteiger partial charge in [0.15, 0.2) is 0 Å². The quantitative estimate of drug-likeness (QED) is 0.165. The van der Waals surface area contributed by atoms with E-state index in [4.69, 9.17) is 0 Å². The van der Waals surface area contributed by atoms with E-state index in [1.165, 1.54) is 60.5 Å². The third-order valence-corrected chi connectivity index (χ3v) is 12.2. The van der Waals surface area contributed by atoms with Gasteiger partial charge in [-0.15, -0.1) is 0 Å². The van der Waals surface area contributed by atoms with Crippen LogP contribution in [0.5, 0.6) is 0 Å². The molecule has 8 aromatic carbocycles. The highest BCUT2D eigenvalue weighted by Gasteiger charge is 2.31. The first-order valence-corrected chi connectivity index (χ1v) is 21.3. The maximum Gasteiger partial charge on any atom is 0.0847 e. The molecular formula is C58H54N2. The van der Waals surface area contributed by atoms with E-state index >= 15 is 0 Å². The van der Waals surface area contributed by atoms with E-state index in [0.717, 1.165) is 29.2 Å². The Morgan fingerprint density at radius 3 is 1.47 bits per heavy atom. The van der Waals surface area contributed by atoms with Crippen molar-refractivity contribution in [1.82, 2.24) is 0 Å². The Hall–Kier alpha value is -6.64. The number of allylic oxidation sites excluding steroid dienone is 2. The monoisotopic (exact) mass is 778 g/mol. The lowest BCUT2D eigenvalue weighted by Gasteiger charge is -2.36. The molecule has 1 aliphatic carbocycles. The molecule has 296 valence electrons. The molecule has 0 radical (unpaired) electrons. The number of anilines is 4. The van der Waals surface area contributed by atoms with Crippen LogP contribution in [0.3, 0.4) is 0 Å². The molecule has 0 heterocycles. The highest BCUT2D eigenvalue weighted by atomic mass is 15.1. The minimum absolute atomic E-state index is 0.0897. The van der Waals surface area contributed by atoms with Crippen molar-refractivity contribution in [3.8, 4) is 11.1 Å². The van der Waals surface area contributed by atoms with Gasteiger partial charge in [-0.2, -0.15) is 0 Å². The van der Waals surface area contributed by atoms with Crippen LogP contribution < -0.4 is 10.2 Å². The fourth-order valence-electron chi connectivity index (χ4n) is 8.56. The van der Waals surface area contributed by atoms with Crippen LogP contribution in [0.4, 0.5) is 22.7 Å². The smallest absolute Gasteiger partial charge is 0.0847 e. The van der Waals surface area contributed by atoms with Crippen molar-refractivity contribution >= 4 is 49.9 Å². The van der Waals surface area contributed by atoms with Crippen molar-refractivity contribution in [3.05, 3.63) is 222 Å². The van der Waals surface area contributed by atoms with Crippen molar-refractivity contribution in [2.24, 2.45) is 0 Å². The van der Waals surface area contributed by atoms with Gasteiger partial charge in [0, 0.05) is 22.7 Å². The molecule has 1 aliphatic rings. The van der Waals surface area contributed by atoms with Gasteiger partial charge in [0.25, 0.3) is 0 Å². The number of fused-ring (bicyclic) bond motifs is 2. The second-order valence-corrected chi connectivity index (χ2v) is 18.5. The number of nitrogens with zero attached hydrogens (tertiary/aromatic N) is 1. The summed E-state index contributed by atoms with van der Waals surface area (Å²) in [7, 11) is 0. The van der Waals surface area contributed by atoms with Crippen LogP contribution >= 0.6 is 0 Å². The van der Waals surface area contributed by atoms with Crippen LogP contribution in [-0.4, -0.2) is 0 Å². The molecule has 0 spiro atoms. The van der Waals surface area contributed by atoms with Crippen molar-refractivity contribution < 1.29 is 0 Å². The van der Waals surface area contributed by atoms with Gasteiger partial charge in [0.2, 0.25) is 0 Å². The van der Waals surface area contributed by atoms with Gasteiger partial charge in [-0.3, -0.25) is 0 Å². The molecule has 9 rings (SSSR count). The summed E-state index contributed by atoms with van der Waals surface area (Å²) >= 11 is 0. The van der Waals surface area contributed by atoms with Gasteiger partial charge in [-0.1, -0.05) is 193 Å². The predicted molar refractivity (Wildman–Crippen MR) is 259 cm³/mol. The Kier molecular flexibility index (Phi) is 10.0. The summed E-state index contributed by atoms with van der Waals surface area (Å²) < 4.78 is 0. The van der Waals surface area contributed by atoms with Gasteiger partial charge in [-0.05, 0) is 126 Å². The SMILES string of the molecule is CC(C)(C)c1ccc(N(c2ccc(-c3ccc(C4=CCC(Nc5ccc6ccccc6c5)(c5ccc(C(C)(C)C)cc5)C=C4)cc3)cc2)c2ccc3ccccc3c2)cc1. The Balaban J connectivity index is 0.980. The third-order valence-electron chi connectivity index (χ3n) is 12.2. The van der Waals surface area contributed by atoms with E-state index in [9.17, 15) is 0 Å². The van der Waals surface area contributed by atoms with Crippen LogP contribution in [-0.2, 0) is 16.4 Å². The molecule has 1 unspecified atom stereocenters. The van der Waals surface area contributed by atoms with Crippen LogP contribution in [0, 0.1) is 0 Å². The molecule has 0 bridgehead atoms. The molecule has 0 aromatic heterocycles. The fraction of sp³-hybridized carbons (Fsp3) is 0.172. The van der Waals surface area contributed by atoms with Gasteiger partial charge >= 0.3 is 0 Å². The number of nitrogens with one attached hydrogen (secondary N) is 1. The highest BCUT2D eigenvalue weighted by molar-refractivity contribution is 5.90. The van der Waals surface area contributed by atoms with E-state index < -0.39 is 0 Å². The zero-order valence-corrected chi connectivity index (χ0v) is 35.7.